The number of nitriles is 1. The molecule has 18 heavy (non-hydrogen) atoms. The van der Waals surface area contributed by atoms with E-state index in [4.69, 9.17) is 16.4 Å². The van der Waals surface area contributed by atoms with E-state index in [0.29, 0.717) is 12.2 Å². The molecule has 0 saturated heterocycles. The fourth-order valence-corrected chi connectivity index (χ4v) is 2.43. The van der Waals surface area contributed by atoms with E-state index in [2.05, 4.69) is 11.1 Å². The number of nitrogens with zero attached hydrogens (tertiary/aromatic N) is 2. The molecule has 3 N–H and O–H groups in total. The van der Waals surface area contributed by atoms with Crippen LogP contribution in [0.1, 0.15) is 11.1 Å². The van der Waals surface area contributed by atoms with Crippen LogP contribution in [0.25, 0.3) is 10.8 Å². The van der Waals surface area contributed by atoms with Crippen LogP contribution in [-0.4, -0.2) is 10.2 Å². The molecule has 0 atom stereocenters. The summed E-state index contributed by atoms with van der Waals surface area (Å²) in [7, 11) is 0. The molecule has 0 spiro atoms. The first kappa shape index (κ1) is 12.4. The molecule has 0 bridgehead atoms. The topological polar surface area (TPSA) is 86.5 Å². The largest absolute Gasteiger partial charge is 0.379 e. The second-order valence-corrected chi connectivity index (χ2v) is 4.81. The number of aromatic nitrogens is 1. The van der Waals surface area contributed by atoms with Gasteiger partial charge >= 0.3 is 0 Å². The number of hydrogen-bond donors (Lipinski definition) is 2. The molecule has 2 rings (SSSR count). The fraction of sp³-hybridized carbons (Fsp3) is 0.154. The number of benzene rings is 1. The number of hydrogen-bond acceptors (Lipinski definition) is 4. The van der Waals surface area contributed by atoms with Gasteiger partial charge in [0, 0.05) is 23.5 Å². The highest BCUT2D eigenvalue weighted by Gasteiger charge is 2.08. The van der Waals surface area contributed by atoms with Crippen molar-refractivity contribution in [3.63, 3.8) is 0 Å². The summed E-state index contributed by atoms with van der Waals surface area (Å²) in [6.07, 6.45) is 3.86. The SMILES string of the molecule is N#CCc1c(CSC(=N)N)ccc2ccncc12. The molecule has 0 saturated carbocycles. The predicted octanol–water partition coefficient (Wildman–Crippen LogP) is 2.43. The van der Waals surface area contributed by atoms with Gasteiger partial charge in [0.05, 0.1) is 12.5 Å². The van der Waals surface area contributed by atoms with Gasteiger partial charge in [-0.15, -0.1) is 0 Å². The second kappa shape index (κ2) is 5.52. The van der Waals surface area contributed by atoms with Crippen LogP contribution in [0.15, 0.2) is 30.6 Å². The normalized spacial score (nSPS) is 10.2. The molecule has 2 aromatic rings. The summed E-state index contributed by atoms with van der Waals surface area (Å²) >= 11 is 1.26. The Morgan fingerprint density at radius 2 is 2.28 bits per heavy atom. The number of nitrogens with one attached hydrogen (secondary N) is 1. The van der Waals surface area contributed by atoms with Gasteiger partial charge in [0.2, 0.25) is 0 Å². The van der Waals surface area contributed by atoms with Gasteiger partial charge in [-0.25, -0.2) is 0 Å². The zero-order valence-electron chi connectivity index (χ0n) is 9.68. The zero-order valence-corrected chi connectivity index (χ0v) is 10.5. The Morgan fingerprint density at radius 3 is 3.00 bits per heavy atom. The molecular weight excluding hydrogens is 244 g/mol. The van der Waals surface area contributed by atoms with Gasteiger partial charge < -0.3 is 5.73 Å². The first-order chi connectivity index (χ1) is 8.72. The minimum atomic E-state index is 0.0872. The van der Waals surface area contributed by atoms with Gasteiger partial charge in [-0.1, -0.05) is 23.9 Å². The summed E-state index contributed by atoms with van der Waals surface area (Å²) in [5.41, 5.74) is 7.37. The molecule has 4 nitrogen and oxygen atoms in total. The monoisotopic (exact) mass is 256 g/mol. The van der Waals surface area contributed by atoms with Crippen LogP contribution < -0.4 is 5.73 Å². The zero-order chi connectivity index (χ0) is 13.0. The van der Waals surface area contributed by atoms with Crippen LogP contribution >= 0.6 is 11.8 Å². The van der Waals surface area contributed by atoms with E-state index in [0.717, 1.165) is 21.9 Å². The first-order valence-electron chi connectivity index (χ1n) is 5.40. The van der Waals surface area contributed by atoms with E-state index >= 15 is 0 Å². The number of fused-ring (bicyclic) bond motifs is 1. The minimum Gasteiger partial charge on any atom is -0.379 e. The molecule has 0 amide bonds. The second-order valence-electron chi connectivity index (χ2n) is 3.79. The highest BCUT2D eigenvalue weighted by Crippen LogP contribution is 2.25. The molecule has 0 radical (unpaired) electrons. The molecule has 1 aromatic carbocycles. The lowest BCUT2D eigenvalue weighted by molar-refractivity contribution is 1.22. The summed E-state index contributed by atoms with van der Waals surface area (Å²) in [5.74, 6) is 0.608. The Labute approximate surface area is 109 Å². The van der Waals surface area contributed by atoms with Crippen molar-refractivity contribution in [2.45, 2.75) is 12.2 Å². The molecule has 0 aliphatic heterocycles. The Hall–Kier alpha value is -2.06. The number of nitrogens with two attached hydrogens (primary N) is 1. The van der Waals surface area contributed by atoms with Crippen molar-refractivity contribution in [2.24, 2.45) is 5.73 Å². The maximum atomic E-state index is 8.94. The van der Waals surface area contributed by atoms with E-state index in [1.54, 1.807) is 12.4 Å². The van der Waals surface area contributed by atoms with Gasteiger partial charge in [0.15, 0.2) is 5.17 Å². The summed E-state index contributed by atoms with van der Waals surface area (Å²) in [4.78, 5) is 4.11. The quantitative estimate of drug-likeness (QED) is 0.652. The summed E-state index contributed by atoms with van der Waals surface area (Å²) in [6, 6.07) is 8.11. The van der Waals surface area contributed by atoms with Gasteiger partial charge in [0.25, 0.3) is 0 Å². The fourth-order valence-electron chi connectivity index (χ4n) is 1.85. The van der Waals surface area contributed by atoms with Crippen molar-refractivity contribution in [1.82, 2.24) is 4.98 Å². The average molecular weight is 256 g/mol. The Kier molecular flexibility index (Phi) is 3.80. The Morgan fingerprint density at radius 1 is 1.44 bits per heavy atom. The van der Waals surface area contributed by atoms with Crippen LogP contribution in [0.4, 0.5) is 0 Å². The van der Waals surface area contributed by atoms with Crippen molar-refractivity contribution in [3.8, 4) is 6.07 Å². The Balaban J connectivity index is 2.49. The van der Waals surface area contributed by atoms with Crippen molar-refractivity contribution >= 4 is 27.7 Å². The summed E-state index contributed by atoms with van der Waals surface area (Å²) in [5, 5.41) is 18.3. The molecule has 1 heterocycles. The standard InChI is InChI=1S/C13H12N4S/c14-5-3-11-10(8-18-13(15)16)2-1-9-4-6-17-7-12(9)11/h1-2,4,6-7H,3,8H2,(H3,15,16). The van der Waals surface area contributed by atoms with Crippen LogP contribution in [0.2, 0.25) is 0 Å². The van der Waals surface area contributed by atoms with Crippen molar-refractivity contribution in [3.05, 3.63) is 41.7 Å². The third kappa shape index (κ3) is 2.60. The van der Waals surface area contributed by atoms with Crippen molar-refractivity contribution in [1.29, 1.82) is 10.7 Å². The number of amidine groups is 1. The van der Waals surface area contributed by atoms with Crippen LogP contribution in [0.3, 0.4) is 0 Å². The molecule has 1 aromatic heterocycles. The molecule has 0 unspecified atom stereocenters. The molecule has 0 fully saturated rings. The molecule has 90 valence electrons. The summed E-state index contributed by atoms with van der Waals surface area (Å²) < 4.78 is 0. The third-order valence-electron chi connectivity index (χ3n) is 2.67. The maximum absolute atomic E-state index is 8.94. The third-order valence-corrected chi connectivity index (χ3v) is 3.44. The van der Waals surface area contributed by atoms with Crippen molar-refractivity contribution in [2.75, 3.05) is 0 Å². The van der Waals surface area contributed by atoms with E-state index in [1.165, 1.54) is 11.8 Å². The van der Waals surface area contributed by atoms with E-state index in [-0.39, 0.29) is 5.17 Å². The smallest absolute Gasteiger partial charge is 0.151 e. The lowest BCUT2D eigenvalue weighted by Crippen LogP contribution is -2.04. The lowest BCUT2D eigenvalue weighted by Gasteiger charge is -2.09. The van der Waals surface area contributed by atoms with E-state index < -0.39 is 0 Å². The van der Waals surface area contributed by atoms with Crippen molar-refractivity contribution < 1.29 is 0 Å². The van der Waals surface area contributed by atoms with E-state index in [9.17, 15) is 0 Å². The average Bonchev–Trinajstić information content (AvgIpc) is 2.38. The predicted molar refractivity (Wildman–Crippen MR) is 74.3 cm³/mol. The van der Waals surface area contributed by atoms with Gasteiger partial charge in [-0.2, -0.15) is 5.26 Å². The van der Waals surface area contributed by atoms with Crippen LogP contribution in [0.5, 0.6) is 0 Å². The molecule has 0 aliphatic rings. The molecule has 5 heteroatoms. The van der Waals surface area contributed by atoms with Crippen LogP contribution in [0, 0.1) is 16.7 Å². The van der Waals surface area contributed by atoms with Gasteiger partial charge in [-0.05, 0) is 22.6 Å². The molecular formula is C13H12N4S. The lowest BCUT2D eigenvalue weighted by atomic mass is 9.99. The Bertz CT molecular complexity index is 630. The van der Waals surface area contributed by atoms with Crippen LogP contribution in [-0.2, 0) is 12.2 Å². The van der Waals surface area contributed by atoms with E-state index in [1.807, 2.05) is 18.2 Å². The highest BCUT2D eigenvalue weighted by molar-refractivity contribution is 8.13. The summed E-state index contributed by atoms with van der Waals surface area (Å²) in [6.45, 7) is 0. The number of thioether (sulfide) groups is 1. The first-order valence-corrected chi connectivity index (χ1v) is 6.39. The number of rotatable bonds is 3. The highest BCUT2D eigenvalue weighted by atomic mass is 32.2. The maximum Gasteiger partial charge on any atom is 0.151 e. The minimum absolute atomic E-state index is 0.0872. The molecule has 0 aliphatic carbocycles. The number of pyridine rings is 1. The van der Waals surface area contributed by atoms with Gasteiger partial charge in [0.1, 0.15) is 0 Å². The van der Waals surface area contributed by atoms with Gasteiger partial charge in [-0.3, -0.25) is 10.4 Å².